The Morgan fingerprint density at radius 1 is 1.25 bits per heavy atom. The van der Waals surface area contributed by atoms with Crippen molar-refractivity contribution in [3.63, 3.8) is 0 Å². The van der Waals surface area contributed by atoms with Crippen LogP contribution in [0, 0.1) is 0 Å². The first-order valence-electron chi connectivity index (χ1n) is 5.63. The molecule has 1 aromatic heterocycles. The van der Waals surface area contributed by atoms with Crippen LogP contribution in [0.15, 0.2) is 0 Å². The molecular formula is C10H18N4OS. The lowest BCUT2D eigenvalue weighted by molar-refractivity contribution is 0.0952. The highest BCUT2D eigenvalue weighted by atomic mass is 32.1. The topological polar surface area (TPSA) is 66.9 Å². The summed E-state index contributed by atoms with van der Waals surface area (Å²) in [5.74, 6) is -0.129. The predicted octanol–water partition coefficient (Wildman–Crippen LogP) is 1.89. The SMILES string of the molecule is CCCCNC(=O)c1nnc(NCCC)s1. The Morgan fingerprint density at radius 3 is 2.75 bits per heavy atom. The van der Waals surface area contributed by atoms with Crippen LogP contribution in [0.3, 0.4) is 0 Å². The maximum absolute atomic E-state index is 11.6. The van der Waals surface area contributed by atoms with Gasteiger partial charge in [-0.15, -0.1) is 10.2 Å². The number of amides is 1. The summed E-state index contributed by atoms with van der Waals surface area (Å²) in [5, 5.41) is 14.8. The maximum atomic E-state index is 11.6. The fraction of sp³-hybridized carbons (Fsp3) is 0.700. The lowest BCUT2D eigenvalue weighted by atomic mass is 10.3. The zero-order chi connectivity index (χ0) is 11.8. The van der Waals surface area contributed by atoms with E-state index in [0.29, 0.717) is 16.7 Å². The molecule has 2 N–H and O–H groups in total. The second kappa shape index (κ2) is 7.16. The molecule has 6 heteroatoms. The first kappa shape index (κ1) is 12.9. The van der Waals surface area contributed by atoms with Crippen LogP contribution in [0.2, 0.25) is 0 Å². The van der Waals surface area contributed by atoms with Crippen molar-refractivity contribution in [2.45, 2.75) is 33.1 Å². The van der Waals surface area contributed by atoms with Crippen molar-refractivity contribution in [2.24, 2.45) is 0 Å². The molecule has 0 fully saturated rings. The van der Waals surface area contributed by atoms with Gasteiger partial charge in [-0.3, -0.25) is 4.79 Å². The fourth-order valence-corrected chi connectivity index (χ4v) is 1.76. The molecule has 16 heavy (non-hydrogen) atoms. The highest BCUT2D eigenvalue weighted by Crippen LogP contribution is 2.14. The summed E-state index contributed by atoms with van der Waals surface area (Å²) >= 11 is 1.29. The van der Waals surface area contributed by atoms with Gasteiger partial charge in [0.1, 0.15) is 0 Å². The number of hydrogen-bond donors (Lipinski definition) is 2. The summed E-state index contributed by atoms with van der Waals surface area (Å²) in [7, 11) is 0. The minimum absolute atomic E-state index is 0.129. The summed E-state index contributed by atoms with van der Waals surface area (Å²) in [5.41, 5.74) is 0. The number of nitrogens with one attached hydrogen (secondary N) is 2. The standard InChI is InChI=1S/C10H18N4OS/c1-3-5-7-11-8(15)9-13-14-10(16-9)12-6-4-2/h3-7H2,1-2H3,(H,11,15)(H,12,14). The minimum Gasteiger partial charge on any atom is -0.360 e. The number of hydrogen-bond acceptors (Lipinski definition) is 5. The largest absolute Gasteiger partial charge is 0.360 e. The van der Waals surface area contributed by atoms with Crippen LogP contribution in [-0.2, 0) is 0 Å². The highest BCUT2D eigenvalue weighted by Gasteiger charge is 2.11. The van der Waals surface area contributed by atoms with Gasteiger partial charge in [0.25, 0.3) is 5.91 Å². The zero-order valence-corrected chi connectivity index (χ0v) is 10.6. The third-order valence-corrected chi connectivity index (χ3v) is 2.84. The molecule has 1 heterocycles. The summed E-state index contributed by atoms with van der Waals surface area (Å²) < 4.78 is 0. The van der Waals surface area contributed by atoms with E-state index in [0.717, 1.165) is 25.8 Å². The van der Waals surface area contributed by atoms with Gasteiger partial charge in [0, 0.05) is 13.1 Å². The number of rotatable bonds is 7. The number of aromatic nitrogens is 2. The zero-order valence-electron chi connectivity index (χ0n) is 9.75. The second-order valence-corrected chi connectivity index (χ2v) is 4.43. The quantitative estimate of drug-likeness (QED) is 0.717. The lowest BCUT2D eigenvalue weighted by Crippen LogP contribution is -2.24. The number of nitrogens with zero attached hydrogens (tertiary/aromatic N) is 2. The summed E-state index contributed by atoms with van der Waals surface area (Å²) in [6, 6.07) is 0. The van der Waals surface area contributed by atoms with Gasteiger partial charge in [0.15, 0.2) is 0 Å². The van der Waals surface area contributed by atoms with Crippen molar-refractivity contribution in [2.75, 3.05) is 18.4 Å². The van der Waals surface area contributed by atoms with Crippen molar-refractivity contribution >= 4 is 22.4 Å². The molecule has 0 aliphatic heterocycles. The van der Waals surface area contributed by atoms with Crippen LogP contribution in [0.25, 0.3) is 0 Å². The third-order valence-electron chi connectivity index (χ3n) is 1.96. The Bertz CT molecular complexity index is 326. The summed E-state index contributed by atoms with van der Waals surface area (Å²) in [6.07, 6.45) is 3.09. The predicted molar refractivity (Wildman–Crippen MR) is 65.9 cm³/mol. The molecule has 0 spiro atoms. The Hall–Kier alpha value is -1.17. The monoisotopic (exact) mass is 242 g/mol. The molecule has 1 rings (SSSR count). The maximum Gasteiger partial charge on any atom is 0.282 e. The Balaban J connectivity index is 2.40. The van der Waals surface area contributed by atoms with Gasteiger partial charge in [0.2, 0.25) is 10.1 Å². The first-order valence-corrected chi connectivity index (χ1v) is 6.45. The van der Waals surface area contributed by atoms with E-state index in [2.05, 4.69) is 34.7 Å². The molecule has 1 amide bonds. The lowest BCUT2D eigenvalue weighted by Gasteiger charge is -1.99. The van der Waals surface area contributed by atoms with Crippen molar-refractivity contribution in [1.82, 2.24) is 15.5 Å². The smallest absolute Gasteiger partial charge is 0.282 e. The van der Waals surface area contributed by atoms with Gasteiger partial charge in [-0.1, -0.05) is 31.6 Å². The molecule has 0 saturated carbocycles. The highest BCUT2D eigenvalue weighted by molar-refractivity contribution is 7.17. The second-order valence-electron chi connectivity index (χ2n) is 3.45. The van der Waals surface area contributed by atoms with Crippen LogP contribution in [-0.4, -0.2) is 29.2 Å². The van der Waals surface area contributed by atoms with E-state index in [1.165, 1.54) is 11.3 Å². The van der Waals surface area contributed by atoms with Crippen LogP contribution in [0.5, 0.6) is 0 Å². The van der Waals surface area contributed by atoms with Crippen molar-refractivity contribution < 1.29 is 4.79 Å². The molecule has 0 aliphatic rings. The van der Waals surface area contributed by atoms with E-state index >= 15 is 0 Å². The molecule has 0 aliphatic carbocycles. The number of anilines is 1. The van der Waals surface area contributed by atoms with E-state index < -0.39 is 0 Å². The van der Waals surface area contributed by atoms with E-state index in [9.17, 15) is 4.79 Å². The molecular weight excluding hydrogens is 224 g/mol. The first-order chi connectivity index (χ1) is 7.77. The van der Waals surface area contributed by atoms with Gasteiger partial charge in [-0.05, 0) is 12.8 Å². The molecule has 0 bridgehead atoms. The third kappa shape index (κ3) is 4.14. The molecule has 0 radical (unpaired) electrons. The van der Waals surface area contributed by atoms with E-state index in [1.54, 1.807) is 0 Å². The van der Waals surface area contributed by atoms with Crippen molar-refractivity contribution in [1.29, 1.82) is 0 Å². The van der Waals surface area contributed by atoms with Crippen LogP contribution in [0.4, 0.5) is 5.13 Å². The van der Waals surface area contributed by atoms with Crippen LogP contribution in [0.1, 0.15) is 42.9 Å². The Labute approximate surface area is 99.7 Å². The summed E-state index contributed by atoms with van der Waals surface area (Å²) in [4.78, 5) is 11.6. The minimum atomic E-state index is -0.129. The van der Waals surface area contributed by atoms with Gasteiger partial charge in [-0.25, -0.2) is 0 Å². The number of carbonyl (C=O) groups excluding carboxylic acids is 1. The molecule has 0 aromatic carbocycles. The normalized spacial score (nSPS) is 10.1. The molecule has 1 aromatic rings. The molecule has 0 atom stereocenters. The number of unbranched alkanes of at least 4 members (excludes halogenated alkanes) is 1. The molecule has 90 valence electrons. The summed E-state index contributed by atoms with van der Waals surface area (Å²) in [6.45, 7) is 5.72. The molecule has 5 nitrogen and oxygen atoms in total. The average molecular weight is 242 g/mol. The number of carbonyl (C=O) groups is 1. The van der Waals surface area contributed by atoms with Gasteiger partial charge in [0.05, 0.1) is 0 Å². The van der Waals surface area contributed by atoms with E-state index in [-0.39, 0.29) is 5.91 Å². The van der Waals surface area contributed by atoms with Crippen molar-refractivity contribution in [3.05, 3.63) is 5.01 Å². The van der Waals surface area contributed by atoms with E-state index in [4.69, 9.17) is 0 Å². The molecule has 0 saturated heterocycles. The van der Waals surface area contributed by atoms with Gasteiger partial charge >= 0.3 is 0 Å². The van der Waals surface area contributed by atoms with Gasteiger partial charge in [-0.2, -0.15) is 0 Å². The average Bonchev–Trinajstić information content (AvgIpc) is 2.75. The van der Waals surface area contributed by atoms with Gasteiger partial charge < -0.3 is 10.6 Å². The fourth-order valence-electron chi connectivity index (χ4n) is 1.07. The van der Waals surface area contributed by atoms with E-state index in [1.807, 2.05) is 0 Å². The van der Waals surface area contributed by atoms with Crippen molar-refractivity contribution in [3.8, 4) is 0 Å². The molecule has 0 unspecified atom stereocenters. The van der Waals surface area contributed by atoms with Crippen LogP contribution >= 0.6 is 11.3 Å². The van der Waals surface area contributed by atoms with Crippen LogP contribution < -0.4 is 10.6 Å². The Kier molecular flexibility index (Phi) is 5.77. The Morgan fingerprint density at radius 2 is 2.06 bits per heavy atom.